The van der Waals surface area contributed by atoms with E-state index in [2.05, 4.69) is 10.3 Å². The number of nitrogens with one attached hydrogen (secondary N) is 1. The number of amides is 1. The molecule has 7 nitrogen and oxygen atoms in total. The summed E-state index contributed by atoms with van der Waals surface area (Å²) >= 11 is 0. The van der Waals surface area contributed by atoms with Gasteiger partial charge in [0, 0.05) is 18.5 Å². The molecule has 1 aromatic carbocycles. The second kappa shape index (κ2) is 9.32. The van der Waals surface area contributed by atoms with Crippen LogP contribution >= 0.6 is 0 Å². The van der Waals surface area contributed by atoms with Crippen LogP contribution in [0.3, 0.4) is 0 Å². The lowest BCUT2D eigenvalue weighted by Crippen LogP contribution is -2.49. The van der Waals surface area contributed by atoms with Gasteiger partial charge in [-0.3, -0.25) is 4.79 Å². The molecule has 15 heteroatoms. The van der Waals surface area contributed by atoms with Gasteiger partial charge in [-0.05, 0) is 49.9 Å². The second-order valence-corrected chi connectivity index (χ2v) is 12.8. The van der Waals surface area contributed by atoms with E-state index in [9.17, 15) is 48.0 Å². The van der Waals surface area contributed by atoms with Crippen LogP contribution in [0, 0.1) is 5.92 Å². The average molecular weight is 559 g/mol. The summed E-state index contributed by atoms with van der Waals surface area (Å²) in [5.74, 6) is -1.59. The Bertz CT molecular complexity index is 1380. The van der Waals surface area contributed by atoms with Crippen molar-refractivity contribution < 1.29 is 48.0 Å². The van der Waals surface area contributed by atoms with E-state index in [-0.39, 0.29) is 12.8 Å². The average Bonchev–Trinajstić information content (AvgIpc) is 2.73. The number of sulfone groups is 2. The molecule has 0 aliphatic heterocycles. The molecule has 2 aromatic rings. The molecule has 198 valence electrons. The number of aromatic nitrogens is 1. The maximum atomic E-state index is 13.0. The molecule has 3 rings (SSSR count). The van der Waals surface area contributed by atoms with Crippen molar-refractivity contribution >= 4 is 25.6 Å². The SMILES string of the molecule is C[C@H](C1CC(NC(=O)c2ncc(C(F)(F)F)cc2S(C)(=O)=O)C1)S(=O)(=O)c1cccc(C(F)(F)F)c1. The number of rotatable bonds is 6. The van der Waals surface area contributed by atoms with Crippen LogP contribution in [-0.4, -0.2) is 45.3 Å². The van der Waals surface area contributed by atoms with E-state index in [1.54, 1.807) is 0 Å². The summed E-state index contributed by atoms with van der Waals surface area (Å²) in [5, 5.41) is 1.33. The van der Waals surface area contributed by atoms with Gasteiger partial charge in [0.25, 0.3) is 5.91 Å². The number of nitrogens with zero attached hydrogens (tertiary/aromatic N) is 1. The lowest BCUT2D eigenvalue weighted by atomic mass is 9.78. The molecule has 1 saturated carbocycles. The van der Waals surface area contributed by atoms with Crippen LogP contribution in [0.5, 0.6) is 0 Å². The fourth-order valence-electron chi connectivity index (χ4n) is 3.79. The molecular weight excluding hydrogens is 538 g/mol. The molecule has 1 amide bonds. The van der Waals surface area contributed by atoms with Gasteiger partial charge in [0.2, 0.25) is 0 Å². The molecule has 0 spiro atoms. The Labute approximate surface area is 202 Å². The third-order valence-electron chi connectivity index (χ3n) is 5.95. The van der Waals surface area contributed by atoms with Crippen molar-refractivity contribution in [3.05, 3.63) is 53.3 Å². The van der Waals surface area contributed by atoms with Gasteiger partial charge in [-0.2, -0.15) is 26.3 Å². The molecule has 1 aliphatic carbocycles. The number of hydrogen-bond acceptors (Lipinski definition) is 6. The predicted molar refractivity (Wildman–Crippen MR) is 114 cm³/mol. The van der Waals surface area contributed by atoms with E-state index in [4.69, 9.17) is 0 Å². The highest BCUT2D eigenvalue weighted by atomic mass is 32.2. The lowest BCUT2D eigenvalue weighted by molar-refractivity contribution is -0.138. The fraction of sp³-hybridized carbons (Fsp3) is 0.429. The standard InChI is InChI=1S/C21H20F6N2O5S2/c1-11(36(33,34)16-5-3-4-13(8-16)20(22,23)24)12-6-15(7-12)29-19(30)18-17(35(2,31)32)9-14(10-28-18)21(25,26)27/h3-5,8-12,15H,6-7H2,1-2H3,(H,29,30)/t11-,12?,15?/m1/s1. The Kier molecular flexibility index (Phi) is 7.22. The molecule has 1 aromatic heterocycles. The first-order valence-electron chi connectivity index (χ1n) is 10.3. The first kappa shape index (κ1) is 27.9. The van der Waals surface area contributed by atoms with Gasteiger partial charge in [0.15, 0.2) is 19.7 Å². The molecular formula is C21H20F6N2O5S2. The van der Waals surface area contributed by atoms with Crippen molar-refractivity contribution in [1.82, 2.24) is 10.3 Å². The molecule has 0 unspecified atom stereocenters. The van der Waals surface area contributed by atoms with Crippen molar-refractivity contribution in [2.75, 3.05) is 6.26 Å². The van der Waals surface area contributed by atoms with Crippen LogP contribution < -0.4 is 5.32 Å². The third kappa shape index (κ3) is 5.82. The minimum absolute atomic E-state index is 0.0972. The minimum Gasteiger partial charge on any atom is -0.348 e. The van der Waals surface area contributed by atoms with Gasteiger partial charge in [0.1, 0.15) is 5.69 Å². The fourth-order valence-corrected chi connectivity index (χ4v) is 6.34. The number of benzene rings is 1. The largest absolute Gasteiger partial charge is 0.417 e. The van der Waals surface area contributed by atoms with Crippen LogP contribution in [0.25, 0.3) is 0 Å². The van der Waals surface area contributed by atoms with Crippen molar-refractivity contribution in [2.45, 2.75) is 53.2 Å². The minimum atomic E-state index is -4.89. The van der Waals surface area contributed by atoms with E-state index in [1.807, 2.05) is 0 Å². The normalized spacial score (nSPS) is 19.9. The molecule has 1 N–H and O–H groups in total. The van der Waals surface area contributed by atoms with Gasteiger partial charge in [-0.1, -0.05) is 6.07 Å². The van der Waals surface area contributed by atoms with Crippen LogP contribution in [-0.2, 0) is 32.0 Å². The van der Waals surface area contributed by atoms with E-state index in [0.717, 1.165) is 18.2 Å². The molecule has 0 radical (unpaired) electrons. The van der Waals surface area contributed by atoms with E-state index < -0.39 is 81.8 Å². The van der Waals surface area contributed by atoms with Crippen LogP contribution in [0.15, 0.2) is 46.3 Å². The summed E-state index contributed by atoms with van der Waals surface area (Å²) in [6, 6.07) is 3.01. The summed E-state index contributed by atoms with van der Waals surface area (Å²) in [7, 11) is -8.40. The van der Waals surface area contributed by atoms with Gasteiger partial charge >= 0.3 is 12.4 Å². The van der Waals surface area contributed by atoms with Gasteiger partial charge in [-0.25, -0.2) is 21.8 Å². The van der Waals surface area contributed by atoms with Gasteiger partial charge in [0.05, 0.1) is 26.2 Å². The van der Waals surface area contributed by atoms with Gasteiger partial charge < -0.3 is 5.32 Å². The van der Waals surface area contributed by atoms with E-state index in [0.29, 0.717) is 24.6 Å². The van der Waals surface area contributed by atoms with Crippen LogP contribution in [0.2, 0.25) is 0 Å². The van der Waals surface area contributed by atoms with Crippen molar-refractivity contribution in [2.24, 2.45) is 5.92 Å². The van der Waals surface area contributed by atoms with E-state index >= 15 is 0 Å². The highest BCUT2D eigenvalue weighted by Crippen LogP contribution is 2.38. The summed E-state index contributed by atoms with van der Waals surface area (Å²) in [5.41, 5.74) is -3.20. The molecule has 1 aliphatic rings. The third-order valence-corrected chi connectivity index (χ3v) is 9.33. The molecule has 1 heterocycles. The Morgan fingerprint density at radius 3 is 2.11 bits per heavy atom. The number of hydrogen-bond donors (Lipinski definition) is 1. The topological polar surface area (TPSA) is 110 Å². The highest BCUT2D eigenvalue weighted by Gasteiger charge is 2.42. The molecule has 0 bridgehead atoms. The summed E-state index contributed by atoms with van der Waals surface area (Å²) < 4.78 is 127. The highest BCUT2D eigenvalue weighted by molar-refractivity contribution is 7.92. The summed E-state index contributed by atoms with van der Waals surface area (Å²) in [6.07, 6.45) is -8.46. The Morgan fingerprint density at radius 1 is 1.00 bits per heavy atom. The zero-order valence-corrected chi connectivity index (χ0v) is 20.3. The molecule has 1 fully saturated rings. The van der Waals surface area contributed by atoms with Crippen LogP contribution in [0.4, 0.5) is 26.3 Å². The summed E-state index contributed by atoms with van der Waals surface area (Å²) in [6.45, 7) is 1.33. The lowest BCUT2D eigenvalue weighted by Gasteiger charge is -2.39. The first-order chi connectivity index (χ1) is 16.3. The summed E-state index contributed by atoms with van der Waals surface area (Å²) in [4.78, 5) is 14.5. The maximum absolute atomic E-state index is 13.0. The number of carbonyl (C=O) groups is 1. The van der Waals surface area contributed by atoms with Crippen molar-refractivity contribution in [1.29, 1.82) is 0 Å². The van der Waals surface area contributed by atoms with Crippen molar-refractivity contribution in [3.63, 3.8) is 0 Å². The number of halogens is 6. The molecule has 0 saturated heterocycles. The second-order valence-electron chi connectivity index (χ2n) is 8.52. The number of alkyl halides is 6. The zero-order valence-electron chi connectivity index (χ0n) is 18.7. The first-order valence-corrected chi connectivity index (χ1v) is 13.7. The zero-order chi connectivity index (χ0) is 27.3. The monoisotopic (exact) mass is 558 g/mol. The molecule has 1 atom stereocenters. The predicted octanol–water partition coefficient (Wildman–Crippen LogP) is 3.89. The Morgan fingerprint density at radius 2 is 1.58 bits per heavy atom. The van der Waals surface area contributed by atoms with Crippen LogP contribution in [0.1, 0.15) is 41.4 Å². The Balaban J connectivity index is 1.72. The smallest absolute Gasteiger partial charge is 0.348 e. The van der Waals surface area contributed by atoms with Gasteiger partial charge in [-0.15, -0.1) is 0 Å². The van der Waals surface area contributed by atoms with E-state index in [1.165, 1.54) is 6.92 Å². The maximum Gasteiger partial charge on any atom is 0.417 e. The molecule has 36 heavy (non-hydrogen) atoms. The Hall–Kier alpha value is -2.68. The quantitative estimate of drug-likeness (QED) is 0.539. The van der Waals surface area contributed by atoms with Crippen molar-refractivity contribution in [3.8, 4) is 0 Å². The number of carbonyl (C=O) groups excluding carboxylic acids is 1. The number of pyridine rings is 1.